The first kappa shape index (κ1) is 23.6. The minimum atomic E-state index is -1.78. The van der Waals surface area contributed by atoms with Crippen LogP contribution in [0.15, 0.2) is 39.5 Å². The van der Waals surface area contributed by atoms with E-state index in [2.05, 4.69) is 0 Å². The van der Waals surface area contributed by atoms with Gasteiger partial charge in [-0.05, 0) is 18.2 Å². The smallest absolute Gasteiger partial charge is 0.238 e. The Hall–Kier alpha value is -3.55. The van der Waals surface area contributed by atoms with E-state index < -0.39 is 54.2 Å². The van der Waals surface area contributed by atoms with E-state index in [1.807, 2.05) is 0 Å². The molecule has 1 saturated heterocycles. The summed E-state index contributed by atoms with van der Waals surface area (Å²) in [4.78, 5) is 13.1. The number of aromatic hydroxyl groups is 3. The van der Waals surface area contributed by atoms with Crippen LogP contribution >= 0.6 is 0 Å². The lowest BCUT2D eigenvalue weighted by atomic mass is 9.99. The van der Waals surface area contributed by atoms with Gasteiger partial charge in [0.15, 0.2) is 17.3 Å². The number of phenolic OH excluding ortho intramolecular Hbond substituents is 2. The molecule has 34 heavy (non-hydrogen) atoms. The molecule has 2 heterocycles. The first-order valence-electron chi connectivity index (χ1n) is 10.0. The predicted molar refractivity (Wildman–Crippen MR) is 114 cm³/mol. The average Bonchev–Trinajstić information content (AvgIpc) is 2.81. The Bertz CT molecular complexity index is 1270. The van der Waals surface area contributed by atoms with Gasteiger partial charge in [-0.25, -0.2) is 0 Å². The largest absolute Gasteiger partial charge is 0.508 e. The molecule has 1 aromatic heterocycles. The van der Waals surface area contributed by atoms with Crippen molar-refractivity contribution < 1.29 is 54.4 Å². The van der Waals surface area contributed by atoms with E-state index >= 15 is 0 Å². The van der Waals surface area contributed by atoms with Crippen LogP contribution in [0.5, 0.6) is 28.7 Å². The lowest BCUT2D eigenvalue weighted by Crippen LogP contribution is -2.60. The van der Waals surface area contributed by atoms with Crippen molar-refractivity contribution in [3.05, 3.63) is 40.6 Å². The maximum Gasteiger partial charge on any atom is 0.238 e. The molecule has 0 bridgehead atoms. The van der Waals surface area contributed by atoms with E-state index in [0.29, 0.717) is 0 Å². The number of benzene rings is 2. The SMILES string of the molecule is COc1cc(-c2oc3cc(O)cc(O[C@H]4O[C@H](CO)[C@@H](O)[C@H](O)[C@H]4O)c3c(=O)c2O)ccc1O. The molecule has 1 fully saturated rings. The van der Waals surface area contributed by atoms with Crippen LogP contribution < -0.4 is 14.9 Å². The molecule has 0 spiro atoms. The van der Waals surface area contributed by atoms with E-state index in [9.17, 15) is 40.5 Å². The summed E-state index contributed by atoms with van der Waals surface area (Å²) >= 11 is 0. The van der Waals surface area contributed by atoms with Gasteiger partial charge in [-0.1, -0.05) is 0 Å². The third-order valence-corrected chi connectivity index (χ3v) is 5.45. The summed E-state index contributed by atoms with van der Waals surface area (Å²) in [6, 6.07) is 6.07. The average molecular weight is 478 g/mol. The lowest BCUT2D eigenvalue weighted by Gasteiger charge is -2.39. The third kappa shape index (κ3) is 3.97. The van der Waals surface area contributed by atoms with Crippen molar-refractivity contribution in [1.29, 1.82) is 0 Å². The number of aliphatic hydroxyl groups excluding tert-OH is 4. The zero-order chi connectivity index (χ0) is 24.7. The Labute approximate surface area is 191 Å². The molecule has 0 amide bonds. The van der Waals surface area contributed by atoms with Crippen LogP contribution in [0.2, 0.25) is 0 Å². The predicted octanol–water partition coefficient (Wildman–Crippen LogP) is -0.236. The topological polar surface area (TPSA) is 200 Å². The first-order chi connectivity index (χ1) is 16.2. The molecule has 1 aliphatic heterocycles. The van der Waals surface area contributed by atoms with Crippen LogP contribution in [0.1, 0.15) is 0 Å². The second-order valence-electron chi connectivity index (χ2n) is 7.63. The van der Waals surface area contributed by atoms with Crippen LogP contribution in [0, 0.1) is 0 Å². The van der Waals surface area contributed by atoms with Gasteiger partial charge in [0.05, 0.1) is 13.7 Å². The zero-order valence-corrected chi connectivity index (χ0v) is 17.7. The summed E-state index contributed by atoms with van der Waals surface area (Å²) in [5, 5.41) is 69.6. The van der Waals surface area contributed by atoms with E-state index in [0.717, 1.165) is 12.1 Å². The quantitative estimate of drug-likeness (QED) is 0.254. The van der Waals surface area contributed by atoms with Crippen molar-refractivity contribution in [2.75, 3.05) is 13.7 Å². The van der Waals surface area contributed by atoms with Crippen molar-refractivity contribution in [1.82, 2.24) is 0 Å². The minimum absolute atomic E-state index is 0.0576. The van der Waals surface area contributed by atoms with E-state index in [4.69, 9.17) is 18.6 Å². The van der Waals surface area contributed by atoms with Gasteiger partial charge in [-0.3, -0.25) is 4.79 Å². The van der Waals surface area contributed by atoms with Gasteiger partial charge in [-0.2, -0.15) is 0 Å². The summed E-state index contributed by atoms with van der Waals surface area (Å²) in [6.45, 7) is -0.700. The monoisotopic (exact) mass is 478 g/mol. The Balaban J connectivity index is 1.81. The van der Waals surface area contributed by atoms with Crippen LogP contribution in [0.4, 0.5) is 0 Å². The van der Waals surface area contributed by atoms with Gasteiger partial charge < -0.3 is 54.4 Å². The fourth-order valence-electron chi connectivity index (χ4n) is 3.66. The number of aliphatic hydroxyl groups is 4. The molecule has 12 heteroatoms. The summed E-state index contributed by atoms with van der Waals surface area (Å²) < 4.78 is 21.5. The van der Waals surface area contributed by atoms with Crippen LogP contribution in [-0.2, 0) is 4.74 Å². The lowest BCUT2D eigenvalue weighted by molar-refractivity contribution is -0.277. The Kier molecular flexibility index (Phi) is 6.25. The molecule has 7 N–H and O–H groups in total. The van der Waals surface area contributed by atoms with Gasteiger partial charge in [0, 0.05) is 17.7 Å². The van der Waals surface area contributed by atoms with Gasteiger partial charge in [0.2, 0.25) is 17.5 Å². The summed E-state index contributed by atoms with van der Waals surface area (Å²) in [7, 11) is 1.32. The number of phenols is 2. The van der Waals surface area contributed by atoms with Gasteiger partial charge in [-0.15, -0.1) is 0 Å². The number of hydrogen-bond donors (Lipinski definition) is 7. The standard InChI is InChI=1S/C22H22O12/c1-31-11-4-8(2-3-10(11)25)21-19(29)17(27)15-12(32-21)5-9(24)6-13(15)33-22-20(30)18(28)16(26)14(7-23)34-22/h2-6,14,16,18,20,22-26,28-30H,7H2,1H3/t14-,16-,18+,20-,22+/m1/s1. The molecular formula is C22H22O12. The molecule has 3 aromatic rings. The van der Waals surface area contributed by atoms with E-state index in [1.54, 1.807) is 0 Å². The minimum Gasteiger partial charge on any atom is -0.508 e. The highest BCUT2D eigenvalue weighted by Gasteiger charge is 2.45. The number of fused-ring (bicyclic) bond motifs is 1. The number of methoxy groups -OCH3 is 1. The molecule has 0 unspecified atom stereocenters. The molecule has 2 aromatic carbocycles. The normalized spacial score (nSPS) is 24.8. The maximum atomic E-state index is 13.1. The number of hydrogen-bond acceptors (Lipinski definition) is 12. The highest BCUT2D eigenvalue weighted by molar-refractivity contribution is 5.88. The molecule has 1 aliphatic rings. The second-order valence-corrected chi connectivity index (χ2v) is 7.63. The fraction of sp³-hybridized carbons (Fsp3) is 0.318. The number of rotatable bonds is 5. The maximum absolute atomic E-state index is 13.1. The molecule has 4 rings (SSSR count). The highest BCUT2D eigenvalue weighted by atomic mass is 16.7. The molecule has 5 atom stereocenters. The van der Waals surface area contributed by atoms with Crippen LogP contribution in [-0.4, -0.2) is 80.2 Å². The number of ether oxygens (including phenoxy) is 3. The van der Waals surface area contributed by atoms with Gasteiger partial charge >= 0.3 is 0 Å². The molecule has 182 valence electrons. The summed E-state index contributed by atoms with van der Waals surface area (Å²) in [6.07, 6.45) is -8.06. The molecule has 12 nitrogen and oxygen atoms in total. The van der Waals surface area contributed by atoms with Crippen molar-refractivity contribution in [3.8, 4) is 40.1 Å². The van der Waals surface area contributed by atoms with E-state index in [1.165, 1.54) is 25.3 Å². The second kappa shape index (κ2) is 9.00. The molecule has 0 aliphatic carbocycles. The van der Waals surface area contributed by atoms with E-state index in [-0.39, 0.29) is 39.5 Å². The summed E-state index contributed by atoms with van der Waals surface area (Å²) in [5.41, 5.74) is -0.974. The molecular weight excluding hydrogens is 456 g/mol. The molecule has 0 saturated carbocycles. The van der Waals surface area contributed by atoms with Crippen molar-refractivity contribution in [2.45, 2.75) is 30.7 Å². The third-order valence-electron chi connectivity index (χ3n) is 5.45. The first-order valence-corrected chi connectivity index (χ1v) is 10.0. The van der Waals surface area contributed by atoms with Crippen molar-refractivity contribution in [3.63, 3.8) is 0 Å². The summed E-state index contributed by atoms with van der Waals surface area (Å²) in [5.74, 6) is -1.98. The van der Waals surface area contributed by atoms with Crippen LogP contribution in [0.3, 0.4) is 0 Å². The Morgan fingerprint density at radius 2 is 1.71 bits per heavy atom. The molecule has 0 radical (unpaired) electrons. The van der Waals surface area contributed by atoms with Gasteiger partial charge in [0.25, 0.3) is 0 Å². The highest BCUT2D eigenvalue weighted by Crippen LogP contribution is 2.39. The fourth-order valence-corrected chi connectivity index (χ4v) is 3.66. The van der Waals surface area contributed by atoms with Crippen molar-refractivity contribution in [2.24, 2.45) is 0 Å². The Morgan fingerprint density at radius 1 is 0.971 bits per heavy atom. The Morgan fingerprint density at radius 3 is 2.38 bits per heavy atom. The van der Waals surface area contributed by atoms with Crippen molar-refractivity contribution >= 4 is 11.0 Å². The zero-order valence-electron chi connectivity index (χ0n) is 17.7. The van der Waals surface area contributed by atoms with Gasteiger partial charge in [0.1, 0.15) is 46.9 Å². The van der Waals surface area contributed by atoms with Crippen LogP contribution in [0.25, 0.3) is 22.3 Å².